The van der Waals surface area contributed by atoms with Gasteiger partial charge in [-0.1, -0.05) is 12.1 Å². The number of carbonyl (C=O) groups is 1. The van der Waals surface area contributed by atoms with Gasteiger partial charge in [-0.05, 0) is 12.1 Å². The number of carboxylic acid groups (broad SMARTS) is 1. The summed E-state index contributed by atoms with van der Waals surface area (Å²) in [5.74, 6) is -2.38. The van der Waals surface area contributed by atoms with E-state index in [0.29, 0.717) is 0 Å². The number of hydrogen-bond donors (Lipinski definition) is 1. The van der Waals surface area contributed by atoms with Crippen molar-refractivity contribution in [1.29, 1.82) is 0 Å². The number of ether oxygens (including phenoxy) is 1. The van der Waals surface area contributed by atoms with E-state index in [-0.39, 0.29) is 0 Å². The molecule has 0 radical (unpaired) electrons. The summed E-state index contributed by atoms with van der Waals surface area (Å²) < 4.78 is 54.5. The van der Waals surface area contributed by atoms with Gasteiger partial charge in [0.2, 0.25) is 6.17 Å². The van der Waals surface area contributed by atoms with Gasteiger partial charge >= 0.3 is 12.1 Å². The average molecular weight is 252 g/mol. The van der Waals surface area contributed by atoms with Crippen molar-refractivity contribution in [3.05, 3.63) is 29.8 Å². The molecule has 0 aromatic heterocycles. The summed E-state index contributed by atoms with van der Waals surface area (Å²) in [4.78, 5) is 10.1. The van der Waals surface area contributed by atoms with Gasteiger partial charge in [0.1, 0.15) is 12.4 Å². The Hall–Kier alpha value is -1.79. The van der Waals surface area contributed by atoms with Crippen LogP contribution in [0.2, 0.25) is 0 Å². The van der Waals surface area contributed by atoms with Crippen LogP contribution < -0.4 is 4.74 Å². The molecule has 0 aliphatic heterocycles. The fourth-order valence-electron chi connectivity index (χ4n) is 1.06. The van der Waals surface area contributed by atoms with Gasteiger partial charge in [-0.3, -0.25) is 0 Å². The molecule has 1 rings (SSSR count). The van der Waals surface area contributed by atoms with Gasteiger partial charge in [-0.2, -0.15) is 13.2 Å². The Labute approximate surface area is 93.6 Å². The average Bonchev–Trinajstić information content (AvgIpc) is 2.24. The molecule has 0 bridgehead atoms. The van der Waals surface area contributed by atoms with Gasteiger partial charge in [0.15, 0.2) is 0 Å². The van der Waals surface area contributed by atoms with Crippen LogP contribution in [0.1, 0.15) is 5.56 Å². The minimum absolute atomic E-state index is 0.594. The molecule has 0 saturated carbocycles. The van der Waals surface area contributed by atoms with Crippen molar-refractivity contribution in [1.82, 2.24) is 0 Å². The van der Waals surface area contributed by atoms with Crippen LogP contribution in [0.25, 0.3) is 0 Å². The van der Waals surface area contributed by atoms with Crippen LogP contribution in [-0.4, -0.2) is 23.9 Å². The summed E-state index contributed by atoms with van der Waals surface area (Å²) in [5.41, 5.74) is -1.07. The molecule has 1 atom stereocenters. The summed E-state index contributed by atoms with van der Waals surface area (Å²) in [6, 6.07) is 4.19. The molecule has 3 nitrogen and oxygen atoms in total. The van der Waals surface area contributed by atoms with E-state index in [0.717, 1.165) is 18.2 Å². The van der Waals surface area contributed by atoms with Crippen LogP contribution >= 0.6 is 0 Å². The second kappa shape index (κ2) is 5.03. The van der Waals surface area contributed by atoms with Crippen molar-refractivity contribution >= 4 is 5.97 Å². The first-order valence-corrected chi connectivity index (χ1v) is 4.48. The smallest absolute Gasteiger partial charge is 0.419 e. The van der Waals surface area contributed by atoms with Gasteiger partial charge in [0, 0.05) is 0 Å². The zero-order chi connectivity index (χ0) is 13.1. The van der Waals surface area contributed by atoms with E-state index < -0.39 is 36.2 Å². The van der Waals surface area contributed by atoms with Gasteiger partial charge in [0.25, 0.3) is 0 Å². The second-order valence-electron chi connectivity index (χ2n) is 3.11. The number of carboxylic acids is 1. The highest BCUT2D eigenvalue weighted by Crippen LogP contribution is 2.35. The van der Waals surface area contributed by atoms with Crippen molar-refractivity contribution in [2.24, 2.45) is 0 Å². The monoisotopic (exact) mass is 252 g/mol. The van der Waals surface area contributed by atoms with Gasteiger partial charge in [-0.25, -0.2) is 9.18 Å². The maximum absolute atomic E-state index is 12.6. The van der Waals surface area contributed by atoms with E-state index in [1.165, 1.54) is 6.07 Å². The summed E-state index contributed by atoms with van der Waals surface area (Å²) in [6.45, 7) is -0.970. The third-order valence-corrected chi connectivity index (χ3v) is 1.85. The summed E-state index contributed by atoms with van der Waals surface area (Å²) in [7, 11) is 0. The zero-order valence-electron chi connectivity index (χ0n) is 8.37. The number of alkyl halides is 4. The fraction of sp³-hybridized carbons (Fsp3) is 0.300. The number of benzene rings is 1. The van der Waals surface area contributed by atoms with E-state index in [9.17, 15) is 22.4 Å². The standard InChI is InChI=1S/C10H8F4O3/c11-7(9(15)16)5-17-8-4-2-1-3-6(8)10(12,13)14/h1-4,7H,5H2,(H,15,16). The largest absolute Gasteiger partial charge is 0.489 e. The highest BCUT2D eigenvalue weighted by Gasteiger charge is 2.34. The van der Waals surface area contributed by atoms with Crippen molar-refractivity contribution in [3.8, 4) is 5.75 Å². The topological polar surface area (TPSA) is 46.5 Å². The molecule has 0 heterocycles. The van der Waals surface area contributed by atoms with E-state index in [2.05, 4.69) is 4.74 Å². The Kier molecular flexibility index (Phi) is 3.93. The maximum Gasteiger partial charge on any atom is 0.419 e. The molecule has 0 aliphatic rings. The summed E-state index contributed by atoms with van der Waals surface area (Å²) >= 11 is 0. The zero-order valence-corrected chi connectivity index (χ0v) is 8.37. The number of halogens is 4. The molecular formula is C10H8F4O3. The first-order chi connectivity index (χ1) is 7.82. The molecule has 0 spiro atoms. The Morgan fingerprint density at radius 2 is 1.94 bits per heavy atom. The fourth-order valence-corrected chi connectivity index (χ4v) is 1.06. The minimum Gasteiger partial charge on any atom is -0.489 e. The Balaban J connectivity index is 2.81. The van der Waals surface area contributed by atoms with Crippen LogP contribution in [0, 0.1) is 0 Å². The van der Waals surface area contributed by atoms with Crippen molar-refractivity contribution in [3.63, 3.8) is 0 Å². The van der Waals surface area contributed by atoms with Gasteiger partial charge in [0.05, 0.1) is 5.56 Å². The summed E-state index contributed by atoms with van der Waals surface area (Å²) in [5, 5.41) is 8.21. The third-order valence-electron chi connectivity index (χ3n) is 1.85. The van der Waals surface area contributed by atoms with E-state index in [1.807, 2.05) is 0 Å². The molecule has 1 N–H and O–H groups in total. The van der Waals surface area contributed by atoms with Crippen LogP contribution in [-0.2, 0) is 11.0 Å². The van der Waals surface area contributed by atoms with Gasteiger partial charge < -0.3 is 9.84 Å². The first-order valence-electron chi connectivity index (χ1n) is 4.48. The highest BCUT2D eigenvalue weighted by atomic mass is 19.4. The van der Waals surface area contributed by atoms with E-state index in [1.54, 1.807) is 0 Å². The summed E-state index contributed by atoms with van der Waals surface area (Å²) in [6.07, 6.45) is -7.00. The maximum atomic E-state index is 12.6. The van der Waals surface area contributed by atoms with Crippen molar-refractivity contribution in [2.75, 3.05) is 6.61 Å². The molecule has 7 heteroatoms. The molecular weight excluding hydrogens is 244 g/mol. The lowest BCUT2D eigenvalue weighted by Gasteiger charge is -2.13. The van der Waals surface area contributed by atoms with Crippen LogP contribution in [0.5, 0.6) is 5.75 Å². The van der Waals surface area contributed by atoms with Gasteiger partial charge in [-0.15, -0.1) is 0 Å². The molecule has 17 heavy (non-hydrogen) atoms. The first kappa shape index (κ1) is 13.3. The number of para-hydroxylation sites is 1. The number of rotatable bonds is 4. The molecule has 0 aliphatic carbocycles. The van der Waals surface area contributed by atoms with E-state index in [4.69, 9.17) is 5.11 Å². The number of hydrogen-bond acceptors (Lipinski definition) is 2. The minimum atomic E-state index is -4.63. The highest BCUT2D eigenvalue weighted by molar-refractivity contribution is 5.72. The quantitative estimate of drug-likeness (QED) is 0.837. The molecule has 1 aromatic rings. The van der Waals surface area contributed by atoms with E-state index >= 15 is 0 Å². The van der Waals surface area contributed by atoms with Crippen molar-refractivity contribution in [2.45, 2.75) is 12.3 Å². The Morgan fingerprint density at radius 1 is 1.35 bits per heavy atom. The molecule has 0 amide bonds. The molecule has 94 valence electrons. The molecule has 0 saturated heterocycles. The van der Waals surface area contributed by atoms with Crippen LogP contribution in [0.3, 0.4) is 0 Å². The van der Waals surface area contributed by atoms with Crippen molar-refractivity contribution < 1.29 is 32.2 Å². The lowest BCUT2D eigenvalue weighted by Crippen LogP contribution is -2.23. The SMILES string of the molecule is O=C(O)C(F)COc1ccccc1C(F)(F)F. The Morgan fingerprint density at radius 3 is 2.47 bits per heavy atom. The lowest BCUT2D eigenvalue weighted by atomic mass is 10.2. The molecule has 0 fully saturated rings. The van der Waals surface area contributed by atoms with Crippen LogP contribution in [0.15, 0.2) is 24.3 Å². The number of aliphatic carboxylic acids is 1. The second-order valence-corrected chi connectivity index (χ2v) is 3.11. The third kappa shape index (κ3) is 3.61. The lowest BCUT2D eigenvalue weighted by molar-refractivity contribution is -0.144. The Bertz CT molecular complexity index is 403. The van der Waals surface area contributed by atoms with Crippen LogP contribution in [0.4, 0.5) is 17.6 Å². The normalized spacial score (nSPS) is 13.2. The molecule has 1 aromatic carbocycles. The predicted octanol–water partition coefficient (Wildman–Crippen LogP) is 2.51. The predicted molar refractivity (Wildman–Crippen MR) is 49.5 cm³/mol. The molecule has 1 unspecified atom stereocenters.